The van der Waals surface area contributed by atoms with Gasteiger partial charge in [0.1, 0.15) is 49.3 Å². The number of hydrazine groups is 1. The summed E-state index contributed by atoms with van der Waals surface area (Å²) in [6, 6.07) is 19.5. The molecule has 2 bridgehead atoms. The Morgan fingerprint density at radius 3 is 2.49 bits per heavy atom. The molecule has 0 aliphatic carbocycles. The number of H-pyrrole nitrogens is 1. The number of aromatic amines is 1. The number of likely N-dealkylation sites (tertiary alicyclic amines) is 1. The average Bonchev–Trinajstić information content (AvgIpc) is 4.31. The van der Waals surface area contributed by atoms with E-state index in [2.05, 4.69) is 68.9 Å². The van der Waals surface area contributed by atoms with Crippen molar-refractivity contribution in [2.45, 2.75) is 103 Å². The first kappa shape index (κ1) is 58.3. The molecule has 430 valence electrons. The number of nitrogens with two attached hydrogens (primary N) is 2. The molecule has 8 N–H and O–H groups in total. The van der Waals surface area contributed by atoms with Crippen molar-refractivity contribution >= 4 is 57.1 Å². The molecule has 4 aromatic carbocycles. The maximum atomic E-state index is 15.9. The van der Waals surface area contributed by atoms with Crippen LogP contribution in [-0.4, -0.2) is 141 Å². The van der Waals surface area contributed by atoms with E-state index in [0.717, 1.165) is 50.6 Å². The van der Waals surface area contributed by atoms with Gasteiger partial charge in [-0.1, -0.05) is 80.4 Å². The van der Waals surface area contributed by atoms with Crippen LogP contribution in [0.15, 0.2) is 79.3 Å². The van der Waals surface area contributed by atoms with Gasteiger partial charge in [-0.15, -0.1) is 0 Å². The molecule has 5 aliphatic rings. The first-order chi connectivity index (χ1) is 39.4. The minimum absolute atomic E-state index is 0.0210. The van der Waals surface area contributed by atoms with Gasteiger partial charge in [0, 0.05) is 87.6 Å². The Morgan fingerprint density at radius 2 is 1.79 bits per heavy atom. The van der Waals surface area contributed by atoms with Crippen LogP contribution >= 0.6 is 11.6 Å². The fourth-order valence-electron chi connectivity index (χ4n) is 11.2. The van der Waals surface area contributed by atoms with Crippen LogP contribution in [0.5, 0.6) is 17.5 Å². The highest BCUT2D eigenvalue weighted by atomic mass is 35.5. The van der Waals surface area contributed by atoms with Crippen LogP contribution in [0.4, 0.5) is 10.2 Å². The fraction of sp³-hybridized carbons (Fsp3) is 0.424. The molecule has 81 heavy (non-hydrogen) atoms. The molecule has 1 amide bonds. The van der Waals surface area contributed by atoms with Gasteiger partial charge in [-0.05, 0) is 73.2 Å². The number of hydrogen-bond acceptors (Lipinski definition) is 17. The van der Waals surface area contributed by atoms with Crippen molar-refractivity contribution in [3.63, 3.8) is 0 Å². The molecule has 0 saturated carbocycles. The van der Waals surface area contributed by atoms with Crippen molar-refractivity contribution < 1.29 is 38.0 Å². The number of piperazine rings is 1. The van der Waals surface area contributed by atoms with Crippen molar-refractivity contribution in [2.24, 2.45) is 18.6 Å². The lowest BCUT2D eigenvalue weighted by atomic mass is 9.93. The van der Waals surface area contributed by atoms with Crippen molar-refractivity contribution in [3.8, 4) is 39.9 Å². The molecule has 20 nitrogen and oxygen atoms in total. The highest BCUT2D eigenvalue weighted by Crippen LogP contribution is 2.55. The van der Waals surface area contributed by atoms with Crippen molar-refractivity contribution in [1.82, 2.24) is 50.5 Å². The quantitative estimate of drug-likeness (QED) is 0.0359. The lowest BCUT2D eigenvalue weighted by Gasteiger charge is -2.35. The Morgan fingerprint density at radius 1 is 1.05 bits per heavy atom. The molecule has 5 aliphatic heterocycles. The van der Waals surface area contributed by atoms with Crippen LogP contribution in [0, 0.1) is 12.7 Å². The van der Waals surface area contributed by atoms with E-state index in [-0.39, 0.29) is 54.3 Å². The maximum Gasteiger partial charge on any atom is 0.319 e. The molecule has 4 atom stereocenters. The summed E-state index contributed by atoms with van der Waals surface area (Å²) in [7, 11) is 4.91. The van der Waals surface area contributed by atoms with Crippen molar-refractivity contribution in [1.29, 1.82) is 0 Å². The number of rotatable bonds is 14. The van der Waals surface area contributed by atoms with Crippen LogP contribution in [0.1, 0.15) is 74.6 Å². The highest BCUT2D eigenvalue weighted by Gasteiger charge is 2.49. The van der Waals surface area contributed by atoms with Crippen LogP contribution in [0.3, 0.4) is 0 Å². The molecule has 0 spiro atoms. The van der Waals surface area contributed by atoms with E-state index in [1.807, 2.05) is 55.3 Å². The first-order valence-electron chi connectivity index (χ1n) is 27.6. The Kier molecular flexibility index (Phi) is 19.0. The van der Waals surface area contributed by atoms with E-state index in [0.29, 0.717) is 113 Å². The third-order valence-corrected chi connectivity index (χ3v) is 15.5. The lowest BCUT2D eigenvalue weighted by molar-refractivity contribution is -0.135. The number of benzene rings is 4. The molecule has 4 saturated heterocycles. The number of ether oxygens (including phenoxy) is 4. The Hall–Kier alpha value is -7.40. The van der Waals surface area contributed by atoms with E-state index < -0.39 is 11.9 Å². The third-order valence-electron chi connectivity index (χ3n) is 15.1. The van der Waals surface area contributed by atoms with E-state index in [9.17, 15) is 9.59 Å². The molecule has 4 fully saturated rings. The Labute approximate surface area is 475 Å². The predicted octanol–water partition coefficient (Wildman–Crippen LogP) is 7.18. The van der Waals surface area contributed by atoms with Gasteiger partial charge in [0.2, 0.25) is 5.91 Å². The summed E-state index contributed by atoms with van der Waals surface area (Å²) >= 11 is 7.53. The number of aliphatic hydroxyl groups is 1. The van der Waals surface area contributed by atoms with Crippen LogP contribution in [0.25, 0.3) is 49.9 Å². The van der Waals surface area contributed by atoms with E-state index in [1.165, 1.54) is 34.8 Å². The van der Waals surface area contributed by atoms with Crippen molar-refractivity contribution in [2.75, 3.05) is 58.5 Å². The van der Waals surface area contributed by atoms with Crippen LogP contribution in [0.2, 0.25) is 5.02 Å². The predicted molar refractivity (Wildman–Crippen MR) is 311 cm³/mol. The number of fused-ring (bicyclic) bond motifs is 7. The number of aryl methyl sites for hydroxylation is 1. The number of halogens is 2. The number of aromatic nitrogens is 6. The van der Waals surface area contributed by atoms with Crippen LogP contribution in [-0.2, 0) is 34.5 Å². The standard InChI is InChI=1S/C43H46ClFN10O6.C12H15N3.C3H8.CH4O/c1-22-29(45)14-31-28(16-49-52-31)35(22)36-38(44)40-37-39(50-43(61-27-8-11-58-12-9-27)51-42(37)55-26-13-32(48-15-26)33(55)21-60-40)41(36)59-20-23-4-6-24(7-5-23)30(46)17-53(47)18-34(57)54-10-2-3-25(54)19-56;1-13-9-10-3-5-11(6-4-10)12-7-8-14-15(12)2;1-3-2;1-2/h4-7,14,16-17,19,25-27,32-33,48H,2-3,8-13,15,18,20-21,46-47H2,1H3,(H,49,52);3-8,13H,9H2,1-2H3;3H2,1-2H3;2H,1H3/b30-17-;;;. The maximum absolute atomic E-state index is 15.9. The molecular weight excluding hydrogens is 1060 g/mol. The van der Waals surface area contributed by atoms with Gasteiger partial charge < -0.3 is 60.0 Å². The van der Waals surface area contributed by atoms with Gasteiger partial charge in [0.15, 0.2) is 11.5 Å². The minimum Gasteiger partial charge on any atom is -0.489 e. The number of hydrogen-bond donors (Lipinski definition) is 6. The molecular formula is C59H73ClFN13O7. The third kappa shape index (κ3) is 12.4. The minimum atomic E-state index is -0.446. The number of carbonyl (C=O) groups excluding carboxylic acids is 2. The number of amides is 1. The van der Waals surface area contributed by atoms with Crippen LogP contribution < -0.4 is 41.3 Å². The topological polar surface area (TPSA) is 249 Å². The molecule has 7 aromatic rings. The zero-order valence-corrected chi connectivity index (χ0v) is 47.5. The largest absolute Gasteiger partial charge is 0.489 e. The van der Waals surface area contributed by atoms with Gasteiger partial charge in [-0.2, -0.15) is 20.2 Å². The molecule has 0 radical (unpaired) electrons. The average molecular weight is 1130 g/mol. The number of anilines is 1. The highest BCUT2D eigenvalue weighted by molar-refractivity contribution is 6.38. The smallest absolute Gasteiger partial charge is 0.319 e. The zero-order valence-electron chi connectivity index (χ0n) is 46.8. The summed E-state index contributed by atoms with van der Waals surface area (Å²) in [5.41, 5.74) is 14.0. The van der Waals surface area contributed by atoms with E-state index in [4.69, 9.17) is 57.2 Å². The number of nitrogens with zero attached hydrogens (tertiary/aromatic N) is 8. The zero-order chi connectivity index (χ0) is 57.3. The SMILES string of the molecule is CCC.CNCc1ccc(-c2ccnn2C)cc1.CO.Cc1c(F)cc2[nH]ncc2c1-c1c(Cl)c2c3c(nc(OC4CCOCC4)nc3c1OCc1ccc(/C(N)=C/N(N)CC(=O)N3CCCC3C=O)cc1)N1C3CNC(C3)C1CO2. The second-order valence-electron chi connectivity index (χ2n) is 20.7. The van der Waals surface area contributed by atoms with Crippen molar-refractivity contribution in [3.05, 3.63) is 112 Å². The normalized spacial score (nSPS) is 19.1. The number of nitrogens with one attached hydrogen (secondary N) is 3. The Bertz CT molecular complexity index is 3330. The van der Waals surface area contributed by atoms with Gasteiger partial charge >= 0.3 is 6.01 Å². The number of aliphatic hydroxyl groups excluding tert-OH is 1. The number of carbonyl (C=O) groups is 2. The first-order valence-corrected chi connectivity index (χ1v) is 28.0. The summed E-state index contributed by atoms with van der Waals surface area (Å²) in [5, 5.41) is 27.8. The van der Waals surface area contributed by atoms with Gasteiger partial charge in [-0.3, -0.25) is 14.6 Å². The van der Waals surface area contributed by atoms with Gasteiger partial charge in [0.05, 0.1) is 58.8 Å². The summed E-state index contributed by atoms with van der Waals surface area (Å²) in [6.45, 7) is 9.61. The summed E-state index contributed by atoms with van der Waals surface area (Å²) in [4.78, 5) is 38.3. The van der Waals surface area contributed by atoms with E-state index in [1.54, 1.807) is 18.0 Å². The second kappa shape index (κ2) is 26.5. The molecule has 22 heteroatoms. The van der Waals surface area contributed by atoms with Gasteiger partial charge in [-0.25, -0.2) is 10.2 Å². The van der Waals surface area contributed by atoms with Gasteiger partial charge in [0.25, 0.3) is 0 Å². The Balaban J connectivity index is 0.000000336. The summed E-state index contributed by atoms with van der Waals surface area (Å²) in [6.07, 6.45) is 10.6. The van der Waals surface area contributed by atoms with E-state index >= 15 is 4.39 Å². The lowest BCUT2D eigenvalue weighted by Crippen LogP contribution is -2.53. The molecule has 12 rings (SSSR count). The summed E-state index contributed by atoms with van der Waals surface area (Å²) < 4.78 is 43.4. The second-order valence-corrected chi connectivity index (χ2v) is 21.0. The monoisotopic (exact) mass is 1130 g/mol. The fourth-order valence-corrected chi connectivity index (χ4v) is 11.5. The molecule has 3 aromatic heterocycles. The molecule has 8 heterocycles. The molecule has 4 unspecified atom stereocenters. The number of aldehydes is 1. The summed E-state index contributed by atoms with van der Waals surface area (Å²) in [5.74, 6) is 6.85.